The summed E-state index contributed by atoms with van der Waals surface area (Å²) >= 11 is 0. The molecule has 0 aromatic heterocycles. The Morgan fingerprint density at radius 3 is 2.21 bits per heavy atom. The molecule has 0 heterocycles. The number of sulfonamides is 1. The molecule has 1 N–H and O–H groups in total. The molecule has 5 heteroatoms. The van der Waals surface area contributed by atoms with Crippen molar-refractivity contribution >= 4 is 10.0 Å². The molecule has 1 saturated carbocycles. The fourth-order valence-corrected chi connectivity index (χ4v) is 4.09. The van der Waals surface area contributed by atoms with Crippen LogP contribution < -0.4 is 4.72 Å². The predicted octanol–water partition coefficient (Wildman–Crippen LogP) is 3.79. The van der Waals surface area contributed by atoms with Crippen LogP contribution >= 0.6 is 0 Å². The van der Waals surface area contributed by atoms with Crippen molar-refractivity contribution in [3.05, 3.63) is 65.5 Å². The molecule has 1 aliphatic carbocycles. The van der Waals surface area contributed by atoms with E-state index in [1.165, 1.54) is 12.1 Å². The molecule has 3 nitrogen and oxygen atoms in total. The smallest absolute Gasteiger partial charge is 0.210 e. The van der Waals surface area contributed by atoms with Gasteiger partial charge in [-0.1, -0.05) is 37.6 Å². The van der Waals surface area contributed by atoms with Crippen LogP contribution in [-0.2, 0) is 21.9 Å². The van der Waals surface area contributed by atoms with Gasteiger partial charge in [0.15, 0.2) is 0 Å². The summed E-state index contributed by atoms with van der Waals surface area (Å²) in [6, 6.07) is 13.4. The highest BCUT2D eigenvalue weighted by Crippen LogP contribution is 2.47. The van der Waals surface area contributed by atoms with Crippen molar-refractivity contribution < 1.29 is 12.8 Å². The fourth-order valence-electron chi connectivity index (χ4n) is 2.96. The average Bonchev–Trinajstić information content (AvgIpc) is 3.36. The van der Waals surface area contributed by atoms with Gasteiger partial charge in [-0.3, -0.25) is 0 Å². The lowest BCUT2D eigenvalue weighted by Crippen LogP contribution is -2.32. The van der Waals surface area contributed by atoms with Crippen molar-refractivity contribution in [3.63, 3.8) is 0 Å². The molecule has 2 aromatic carbocycles. The molecule has 0 radical (unpaired) electrons. The summed E-state index contributed by atoms with van der Waals surface area (Å²) in [6.45, 7) is 2.44. The highest BCUT2D eigenvalue weighted by atomic mass is 32.2. The maximum atomic E-state index is 13.1. The average molecular weight is 347 g/mol. The number of rotatable bonds is 7. The van der Waals surface area contributed by atoms with Crippen LogP contribution in [0.1, 0.15) is 37.3 Å². The molecule has 0 unspecified atom stereocenters. The maximum absolute atomic E-state index is 13.1. The van der Waals surface area contributed by atoms with Crippen molar-refractivity contribution in [1.29, 1.82) is 0 Å². The molecule has 0 aliphatic heterocycles. The minimum atomic E-state index is -3.53. The molecule has 0 atom stereocenters. The summed E-state index contributed by atoms with van der Waals surface area (Å²) < 4.78 is 40.8. The molecule has 1 aliphatic rings. The zero-order chi connectivity index (χ0) is 17.2. The number of hydrogen-bond donors (Lipinski definition) is 1. The fraction of sp³-hybridized carbons (Fsp3) is 0.368. The van der Waals surface area contributed by atoms with Gasteiger partial charge in [0, 0.05) is 12.0 Å². The van der Waals surface area contributed by atoms with E-state index in [9.17, 15) is 12.8 Å². The van der Waals surface area contributed by atoms with Crippen LogP contribution in [-0.4, -0.2) is 15.0 Å². The summed E-state index contributed by atoms with van der Waals surface area (Å²) in [6.07, 6.45) is 3.80. The first-order chi connectivity index (χ1) is 11.5. The van der Waals surface area contributed by atoms with Gasteiger partial charge in [0.25, 0.3) is 0 Å². The second-order valence-corrected chi connectivity index (χ2v) is 8.27. The summed E-state index contributed by atoms with van der Waals surface area (Å²) in [5.41, 5.74) is 1.94. The molecule has 1 fully saturated rings. The summed E-state index contributed by atoms with van der Waals surface area (Å²) in [5, 5.41) is 0. The lowest BCUT2D eigenvalue weighted by molar-refractivity contribution is 0.566. The van der Waals surface area contributed by atoms with Crippen LogP contribution in [0.5, 0.6) is 0 Å². The number of hydrogen-bond acceptors (Lipinski definition) is 2. The Balaban J connectivity index is 1.70. The Labute approximate surface area is 143 Å². The normalized spacial score (nSPS) is 16.1. The largest absolute Gasteiger partial charge is 0.240 e. The Morgan fingerprint density at radius 2 is 1.67 bits per heavy atom. The van der Waals surface area contributed by atoms with Crippen molar-refractivity contribution in [1.82, 2.24) is 4.72 Å². The van der Waals surface area contributed by atoms with E-state index in [2.05, 4.69) is 11.6 Å². The highest BCUT2D eigenvalue weighted by Gasteiger charge is 2.44. The SMILES string of the molecule is CCCc1ccc(S(=O)(=O)NCC2(c3ccc(F)cc3)CC2)cc1. The van der Waals surface area contributed by atoms with Crippen molar-refractivity contribution in [2.75, 3.05) is 6.54 Å². The van der Waals surface area contributed by atoms with Gasteiger partial charge in [-0.15, -0.1) is 0 Å². The van der Waals surface area contributed by atoms with E-state index in [1.54, 1.807) is 24.3 Å². The summed E-state index contributed by atoms with van der Waals surface area (Å²) in [7, 11) is -3.53. The van der Waals surface area contributed by atoms with Crippen molar-refractivity contribution in [2.24, 2.45) is 0 Å². The Morgan fingerprint density at radius 1 is 1.04 bits per heavy atom. The number of nitrogens with one attached hydrogen (secondary N) is 1. The van der Waals surface area contributed by atoms with Gasteiger partial charge in [0.05, 0.1) is 4.90 Å². The lowest BCUT2D eigenvalue weighted by Gasteiger charge is -2.17. The predicted molar refractivity (Wildman–Crippen MR) is 92.9 cm³/mol. The second kappa shape index (κ2) is 6.65. The monoisotopic (exact) mass is 347 g/mol. The molecule has 0 saturated heterocycles. The molecule has 0 bridgehead atoms. The third kappa shape index (κ3) is 3.68. The van der Waals surface area contributed by atoms with Crippen LogP contribution in [0.25, 0.3) is 0 Å². The van der Waals surface area contributed by atoms with E-state index in [0.717, 1.165) is 36.8 Å². The van der Waals surface area contributed by atoms with E-state index in [4.69, 9.17) is 0 Å². The Hall–Kier alpha value is -1.72. The topological polar surface area (TPSA) is 46.2 Å². The standard InChI is InChI=1S/C19H22FNO2S/c1-2-3-15-4-10-18(11-5-15)24(22,23)21-14-19(12-13-19)16-6-8-17(20)9-7-16/h4-11,21H,2-3,12-14H2,1H3. The van der Waals surface area contributed by atoms with Gasteiger partial charge >= 0.3 is 0 Å². The van der Waals surface area contributed by atoms with Crippen LogP contribution in [0.2, 0.25) is 0 Å². The summed E-state index contributed by atoms with van der Waals surface area (Å²) in [5.74, 6) is -0.276. The molecule has 24 heavy (non-hydrogen) atoms. The Kier molecular flexibility index (Phi) is 4.74. The van der Waals surface area contributed by atoms with Crippen molar-refractivity contribution in [2.45, 2.75) is 42.9 Å². The van der Waals surface area contributed by atoms with E-state index in [0.29, 0.717) is 6.54 Å². The highest BCUT2D eigenvalue weighted by molar-refractivity contribution is 7.89. The maximum Gasteiger partial charge on any atom is 0.240 e. The molecule has 128 valence electrons. The number of benzene rings is 2. The third-order valence-electron chi connectivity index (χ3n) is 4.68. The summed E-state index contributed by atoms with van der Waals surface area (Å²) in [4.78, 5) is 0.289. The molecular weight excluding hydrogens is 325 g/mol. The van der Waals surface area contributed by atoms with Crippen LogP contribution in [0.4, 0.5) is 4.39 Å². The van der Waals surface area contributed by atoms with Gasteiger partial charge < -0.3 is 0 Å². The van der Waals surface area contributed by atoms with Gasteiger partial charge in [0.2, 0.25) is 10.0 Å². The number of halogens is 1. The van der Waals surface area contributed by atoms with Crippen LogP contribution in [0.3, 0.4) is 0 Å². The van der Waals surface area contributed by atoms with E-state index < -0.39 is 10.0 Å². The van der Waals surface area contributed by atoms with Gasteiger partial charge in [0.1, 0.15) is 5.82 Å². The Bertz CT molecular complexity index is 794. The van der Waals surface area contributed by atoms with Gasteiger partial charge in [-0.2, -0.15) is 0 Å². The molecule has 2 aromatic rings. The molecule has 0 spiro atoms. The molecule has 0 amide bonds. The zero-order valence-corrected chi connectivity index (χ0v) is 14.6. The second-order valence-electron chi connectivity index (χ2n) is 6.51. The van der Waals surface area contributed by atoms with E-state index in [1.807, 2.05) is 12.1 Å². The molecule has 3 rings (SSSR count). The van der Waals surface area contributed by atoms with Gasteiger partial charge in [-0.25, -0.2) is 17.5 Å². The van der Waals surface area contributed by atoms with Crippen LogP contribution in [0.15, 0.2) is 53.4 Å². The zero-order valence-electron chi connectivity index (χ0n) is 13.8. The third-order valence-corrected chi connectivity index (χ3v) is 6.10. The first-order valence-corrected chi connectivity index (χ1v) is 9.78. The first-order valence-electron chi connectivity index (χ1n) is 8.30. The van der Waals surface area contributed by atoms with E-state index >= 15 is 0 Å². The van der Waals surface area contributed by atoms with Gasteiger partial charge in [-0.05, 0) is 54.7 Å². The minimum absolute atomic E-state index is 0.192. The first kappa shape index (κ1) is 17.1. The molecular formula is C19H22FNO2S. The van der Waals surface area contributed by atoms with Crippen molar-refractivity contribution in [3.8, 4) is 0 Å². The van der Waals surface area contributed by atoms with Crippen LogP contribution in [0, 0.1) is 5.82 Å². The quantitative estimate of drug-likeness (QED) is 0.828. The van der Waals surface area contributed by atoms with E-state index in [-0.39, 0.29) is 16.1 Å². The minimum Gasteiger partial charge on any atom is -0.210 e. The lowest BCUT2D eigenvalue weighted by atomic mass is 9.96. The number of aryl methyl sites for hydroxylation is 1.